The highest BCUT2D eigenvalue weighted by molar-refractivity contribution is 5.92. The second-order valence-electron chi connectivity index (χ2n) is 8.03. The van der Waals surface area contributed by atoms with Crippen molar-refractivity contribution in [1.29, 1.82) is 0 Å². The molecule has 34 heavy (non-hydrogen) atoms. The number of carbonyl (C=O) groups is 1. The van der Waals surface area contributed by atoms with Crippen molar-refractivity contribution in [3.63, 3.8) is 0 Å². The fraction of sp³-hybridized carbons (Fsp3) is 0.250. The third kappa shape index (κ3) is 3.98. The second kappa shape index (κ2) is 8.62. The van der Waals surface area contributed by atoms with Gasteiger partial charge in [-0.05, 0) is 49.2 Å². The summed E-state index contributed by atoms with van der Waals surface area (Å²) in [6, 6.07) is 10.7. The van der Waals surface area contributed by atoms with Crippen LogP contribution in [0.1, 0.15) is 24.5 Å². The van der Waals surface area contributed by atoms with E-state index in [0.29, 0.717) is 33.8 Å². The maximum absolute atomic E-state index is 13.4. The normalized spacial score (nSPS) is 13.1. The van der Waals surface area contributed by atoms with Gasteiger partial charge in [-0.15, -0.1) is 0 Å². The third-order valence-electron chi connectivity index (χ3n) is 5.72. The molecule has 0 aliphatic heterocycles. The standard InChI is InChI=1S/C24H22FN5O4/c1-33-17-9-10-19(20(11-17)34-2)27-21(31)13-29-24(32)23-18(22(28-29)14-3-4-14)12-26-30(23)16-7-5-15(25)6-8-16/h5-12,14H,3-4,13H2,1-2H3,(H,27,31). The highest BCUT2D eigenvalue weighted by atomic mass is 19.1. The van der Waals surface area contributed by atoms with Gasteiger partial charge in [0.25, 0.3) is 5.56 Å². The number of nitrogens with one attached hydrogen (secondary N) is 1. The van der Waals surface area contributed by atoms with Crippen LogP contribution in [0.25, 0.3) is 16.6 Å². The fourth-order valence-corrected chi connectivity index (χ4v) is 3.86. The molecule has 5 rings (SSSR count). The molecule has 0 saturated heterocycles. The van der Waals surface area contributed by atoms with Gasteiger partial charge in [0.05, 0.1) is 37.5 Å². The van der Waals surface area contributed by atoms with E-state index in [1.807, 2.05) is 0 Å². The number of hydrogen-bond donors (Lipinski definition) is 1. The van der Waals surface area contributed by atoms with Crippen molar-refractivity contribution in [3.8, 4) is 17.2 Å². The maximum atomic E-state index is 13.4. The predicted octanol–water partition coefficient (Wildman–Crippen LogP) is 3.25. The topological polar surface area (TPSA) is 100 Å². The summed E-state index contributed by atoms with van der Waals surface area (Å²) >= 11 is 0. The summed E-state index contributed by atoms with van der Waals surface area (Å²) in [6.45, 7) is -0.293. The monoisotopic (exact) mass is 463 g/mol. The van der Waals surface area contributed by atoms with Crippen LogP contribution in [0.4, 0.5) is 10.1 Å². The minimum absolute atomic E-state index is 0.213. The average molecular weight is 463 g/mol. The molecule has 4 aromatic rings. The Morgan fingerprint density at radius 2 is 1.91 bits per heavy atom. The summed E-state index contributed by atoms with van der Waals surface area (Å²) in [5.74, 6) is 0.401. The molecule has 2 aromatic heterocycles. The van der Waals surface area contributed by atoms with Crippen molar-refractivity contribution >= 4 is 22.5 Å². The SMILES string of the molecule is COc1ccc(NC(=O)Cn2nc(C3CC3)c3cnn(-c4ccc(F)cc4)c3c2=O)c(OC)c1. The number of benzene rings is 2. The molecule has 1 N–H and O–H groups in total. The number of fused-ring (bicyclic) bond motifs is 1. The Bertz CT molecular complexity index is 1440. The number of anilines is 1. The van der Waals surface area contributed by atoms with E-state index >= 15 is 0 Å². The first-order valence-electron chi connectivity index (χ1n) is 10.7. The van der Waals surface area contributed by atoms with Crippen LogP contribution in [0.5, 0.6) is 11.5 Å². The molecule has 0 radical (unpaired) electrons. The number of hydrogen-bond acceptors (Lipinski definition) is 6. The molecule has 1 aliphatic carbocycles. The molecule has 1 amide bonds. The van der Waals surface area contributed by atoms with E-state index in [2.05, 4.69) is 15.5 Å². The summed E-state index contributed by atoms with van der Waals surface area (Å²) < 4.78 is 26.5. The Morgan fingerprint density at radius 1 is 1.15 bits per heavy atom. The van der Waals surface area contributed by atoms with Gasteiger partial charge in [0.2, 0.25) is 5.91 Å². The quantitative estimate of drug-likeness (QED) is 0.452. The number of ether oxygens (including phenoxy) is 2. The minimum Gasteiger partial charge on any atom is -0.497 e. The number of methoxy groups -OCH3 is 2. The maximum Gasteiger partial charge on any atom is 0.293 e. The Labute approximate surface area is 193 Å². The highest BCUT2D eigenvalue weighted by Gasteiger charge is 2.30. The Kier molecular flexibility index (Phi) is 5.48. The van der Waals surface area contributed by atoms with Crippen molar-refractivity contribution in [1.82, 2.24) is 19.6 Å². The van der Waals surface area contributed by atoms with Crippen LogP contribution in [0.15, 0.2) is 53.5 Å². The van der Waals surface area contributed by atoms with Crippen LogP contribution in [-0.4, -0.2) is 39.7 Å². The van der Waals surface area contributed by atoms with Gasteiger partial charge in [-0.1, -0.05) is 0 Å². The first-order valence-corrected chi connectivity index (χ1v) is 10.7. The largest absolute Gasteiger partial charge is 0.497 e. The molecule has 174 valence electrons. The molecule has 2 aromatic carbocycles. The van der Waals surface area contributed by atoms with Crippen LogP contribution in [0, 0.1) is 5.82 Å². The van der Waals surface area contributed by atoms with E-state index in [1.54, 1.807) is 36.5 Å². The van der Waals surface area contributed by atoms with E-state index in [9.17, 15) is 14.0 Å². The molecule has 2 heterocycles. The number of aromatic nitrogens is 4. The molecule has 1 aliphatic rings. The van der Waals surface area contributed by atoms with Gasteiger partial charge in [0.1, 0.15) is 29.4 Å². The fourth-order valence-electron chi connectivity index (χ4n) is 3.86. The molecule has 9 nitrogen and oxygen atoms in total. The third-order valence-corrected chi connectivity index (χ3v) is 5.72. The molecule has 10 heteroatoms. The van der Waals surface area contributed by atoms with Crippen LogP contribution in [-0.2, 0) is 11.3 Å². The van der Waals surface area contributed by atoms with E-state index in [1.165, 1.54) is 31.0 Å². The number of halogens is 1. The first-order chi connectivity index (χ1) is 16.5. The predicted molar refractivity (Wildman–Crippen MR) is 123 cm³/mol. The van der Waals surface area contributed by atoms with Gasteiger partial charge in [0, 0.05) is 17.4 Å². The van der Waals surface area contributed by atoms with Crippen molar-refractivity contribution in [2.75, 3.05) is 19.5 Å². The summed E-state index contributed by atoms with van der Waals surface area (Å²) in [6.07, 6.45) is 3.52. The van der Waals surface area contributed by atoms with Crippen LogP contribution in [0.2, 0.25) is 0 Å². The molecule has 1 fully saturated rings. The Balaban J connectivity index is 1.52. The summed E-state index contributed by atoms with van der Waals surface area (Å²) in [7, 11) is 3.03. The van der Waals surface area contributed by atoms with Crippen LogP contribution >= 0.6 is 0 Å². The molecule has 0 bridgehead atoms. The average Bonchev–Trinajstić information content (AvgIpc) is 3.59. The highest BCUT2D eigenvalue weighted by Crippen LogP contribution is 2.41. The molecule has 0 spiro atoms. The summed E-state index contributed by atoms with van der Waals surface area (Å²) in [5.41, 5.74) is 1.57. The van der Waals surface area contributed by atoms with Gasteiger partial charge in [0.15, 0.2) is 0 Å². The molecular weight excluding hydrogens is 441 g/mol. The van der Waals surface area contributed by atoms with Crippen molar-refractivity contribution in [2.45, 2.75) is 25.3 Å². The Morgan fingerprint density at radius 3 is 2.59 bits per heavy atom. The number of rotatable bonds is 7. The second-order valence-corrected chi connectivity index (χ2v) is 8.03. The lowest BCUT2D eigenvalue weighted by molar-refractivity contribution is -0.117. The van der Waals surface area contributed by atoms with Crippen molar-refractivity contribution in [3.05, 3.63) is 70.5 Å². The van der Waals surface area contributed by atoms with Gasteiger partial charge in [-0.25, -0.2) is 13.8 Å². The zero-order valence-electron chi connectivity index (χ0n) is 18.6. The van der Waals surface area contributed by atoms with E-state index < -0.39 is 11.5 Å². The van der Waals surface area contributed by atoms with Gasteiger partial charge >= 0.3 is 0 Å². The van der Waals surface area contributed by atoms with E-state index in [0.717, 1.165) is 23.2 Å². The molecule has 0 atom stereocenters. The van der Waals surface area contributed by atoms with Crippen molar-refractivity contribution < 1.29 is 18.7 Å². The van der Waals surface area contributed by atoms with Gasteiger partial charge < -0.3 is 14.8 Å². The van der Waals surface area contributed by atoms with E-state index in [-0.39, 0.29) is 18.3 Å². The number of amides is 1. The van der Waals surface area contributed by atoms with Gasteiger partial charge in [-0.2, -0.15) is 10.2 Å². The van der Waals surface area contributed by atoms with Crippen LogP contribution < -0.4 is 20.3 Å². The molecular formula is C24H22FN5O4. The van der Waals surface area contributed by atoms with Crippen LogP contribution in [0.3, 0.4) is 0 Å². The number of carbonyl (C=O) groups excluding carboxylic acids is 1. The lowest BCUT2D eigenvalue weighted by Gasteiger charge is -2.13. The number of nitrogens with zero attached hydrogens (tertiary/aromatic N) is 4. The van der Waals surface area contributed by atoms with Gasteiger partial charge in [-0.3, -0.25) is 9.59 Å². The molecule has 0 unspecified atom stereocenters. The van der Waals surface area contributed by atoms with E-state index in [4.69, 9.17) is 9.47 Å². The lowest BCUT2D eigenvalue weighted by Crippen LogP contribution is -2.31. The Hall–Kier alpha value is -4.21. The summed E-state index contributed by atoms with van der Waals surface area (Å²) in [5, 5.41) is 12.3. The summed E-state index contributed by atoms with van der Waals surface area (Å²) in [4.78, 5) is 26.2. The van der Waals surface area contributed by atoms with Crippen molar-refractivity contribution in [2.24, 2.45) is 0 Å². The smallest absolute Gasteiger partial charge is 0.293 e. The molecule has 1 saturated carbocycles. The first kappa shape index (κ1) is 21.6. The zero-order chi connectivity index (χ0) is 23.8. The zero-order valence-corrected chi connectivity index (χ0v) is 18.6. The lowest BCUT2D eigenvalue weighted by atomic mass is 10.2. The minimum atomic E-state index is -0.460.